The second-order valence-electron chi connectivity index (χ2n) is 4.24. The third kappa shape index (κ3) is 3.47. The quantitative estimate of drug-likeness (QED) is 0.923. The van der Waals surface area contributed by atoms with E-state index in [1.165, 1.54) is 12.1 Å². The first kappa shape index (κ1) is 13.4. The number of aromatic nitrogens is 1. The van der Waals surface area contributed by atoms with E-state index in [1.54, 1.807) is 12.3 Å². The number of pyridine rings is 1. The fraction of sp³-hybridized carbons (Fsp3) is 0.214. The minimum atomic E-state index is -4.29. The molecule has 2 rings (SSSR count). The van der Waals surface area contributed by atoms with Crippen molar-refractivity contribution in [3.63, 3.8) is 0 Å². The van der Waals surface area contributed by atoms with E-state index in [9.17, 15) is 13.2 Å². The molecular formula is C14H13F3N2. The molecule has 0 radical (unpaired) electrons. The highest BCUT2D eigenvalue weighted by atomic mass is 19.4. The molecule has 1 heterocycles. The van der Waals surface area contributed by atoms with Gasteiger partial charge in [0, 0.05) is 6.20 Å². The van der Waals surface area contributed by atoms with Crippen LogP contribution in [0, 0.1) is 0 Å². The van der Waals surface area contributed by atoms with Crippen molar-refractivity contribution < 1.29 is 13.2 Å². The lowest BCUT2D eigenvalue weighted by Crippen LogP contribution is -2.05. The Morgan fingerprint density at radius 3 is 2.26 bits per heavy atom. The third-order valence-corrected chi connectivity index (χ3v) is 2.89. The summed E-state index contributed by atoms with van der Waals surface area (Å²) in [5.74, 6) is 0.467. The number of anilines is 1. The summed E-state index contributed by atoms with van der Waals surface area (Å²) in [5.41, 5.74) is 6.83. The SMILES string of the molecule is Nc1ncccc1CCc1ccc(C(F)(F)F)cc1. The van der Waals surface area contributed by atoms with Gasteiger partial charge in [0.25, 0.3) is 0 Å². The number of rotatable bonds is 3. The Balaban J connectivity index is 2.03. The summed E-state index contributed by atoms with van der Waals surface area (Å²) < 4.78 is 37.2. The molecule has 5 heteroatoms. The largest absolute Gasteiger partial charge is 0.416 e. The van der Waals surface area contributed by atoms with Crippen LogP contribution >= 0.6 is 0 Å². The van der Waals surface area contributed by atoms with Crippen molar-refractivity contribution in [2.45, 2.75) is 19.0 Å². The average molecular weight is 266 g/mol. The molecule has 100 valence electrons. The van der Waals surface area contributed by atoms with E-state index in [0.29, 0.717) is 18.7 Å². The highest BCUT2D eigenvalue weighted by molar-refractivity contribution is 5.39. The topological polar surface area (TPSA) is 38.9 Å². The number of nitrogens with zero attached hydrogens (tertiary/aromatic N) is 1. The smallest absolute Gasteiger partial charge is 0.383 e. The zero-order valence-corrected chi connectivity index (χ0v) is 10.1. The van der Waals surface area contributed by atoms with Crippen molar-refractivity contribution in [2.75, 3.05) is 5.73 Å². The van der Waals surface area contributed by atoms with Gasteiger partial charge in [-0.2, -0.15) is 13.2 Å². The fourth-order valence-electron chi connectivity index (χ4n) is 1.80. The normalized spacial score (nSPS) is 11.5. The maximum absolute atomic E-state index is 12.4. The monoisotopic (exact) mass is 266 g/mol. The molecule has 0 bridgehead atoms. The van der Waals surface area contributed by atoms with Gasteiger partial charge in [0.2, 0.25) is 0 Å². The van der Waals surface area contributed by atoms with Gasteiger partial charge in [-0.05, 0) is 42.2 Å². The fourth-order valence-corrected chi connectivity index (χ4v) is 1.80. The van der Waals surface area contributed by atoms with E-state index in [1.807, 2.05) is 6.07 Å². The molecule has 0 atom stereocenters. The van der Waals surface area contributed by atoms with Gasteiger partial charge in [-0.25, -0.2) is 4.98 Å². The van der Waals surface area contributed by atoms with Crippen molar-refractivity contribution in [1.82, 2.24) is 4.98 Å². The predicted molar refractivity (Wildman–Crippen MR) is 67.5 cm³/mol. The van der Waals surface area contributed by atoms with Crippen molar-refractivity contribution >= 4 is 5.82 Å². The van der Waals surface area contributed by atoms with E-state index in [2.05, 4.69) is 4.98 Å². The standard InChI is InChI=1S/C14H13F3N2/c15-14(16,17)12-7-4-10(5-8-12)3-6-11-2-1-9-19-13(11)18/h1-2,4-5,7-9H,3,6H2,(H2,18,19). The van der Waals surface area contributed by atoms with Crippen molar-refractivity contribution in [3.8, 4) is 0 Å². The maximum Gasteiger partial charge on any atom is 0.416 e. The van der Waals surface area contributed by atoms with Gasteiger partial charge in [0.05, 0.1) is 5.56 Å². The zero-order valence-electron chi connectivity index (χ0n) is 10.1. The Morgan fingerprint density at radius 2 is 1.68 bits per heavy atom. The summed E-state index contributed by atoms with van der Waals surface area (Å²) in [5, 5.41) is 0. The maximum atomic E-state index is 12.4. The number of halogens is 3. The van der Waals surface area contributed by atoms with Crippen LogP contribution in [0.3, 0.4) is 0 Å². The first-order chi connectivity index (χ1) is 8.97. The highest BCUT2D eigenvalue weighted by Gasteiger charge is 2.29. The van der Waals surface area contributed by atoms with Crippen molar-refractivity contribution in [3.05, 3.63) is 59.3 Å². The average Bonchev–Trinajstić information content (AvgIpc) is 2.37. The first-order valence-corrected chi connectivity index (χ1v) is 5.82. The summed E-state index contributed by atoms with van der Waals surface area (Å²) in [6, 6.07) is 8.85. The molecular weight excluding hydrogens is 253 g/mol. The summed E-state index contributed by atoms with van der Waals surface area (Å²) in [7, 11) is 0. The van der Waals surface area contributed by atoms with Crippen LogP contribution in [0.2, 0.25) is 0 Å². The Morgan fingerprint density at radius 1 is 1.00 bits per heavy atom. The van der Waals surface area contributed by atoms with Crippen LogP contribution in [-0.4, -0.2) is 4.98 Å². The number of nitrogens with two attached hydrogens (primary N) is 1. The lowest BCUT2D eigenvalue weighted by molar-refractivity contribution is -0.137. The Kier molecular flexibility index (Phi) is 3.74. The molecule has 2 aromatic rings. The minimum absolute atomic E-state index is 0.467. The summed E-state index contributed by atoms with van der Waals surface area (Å²) in [6.45, 7) is 0. The summed E-state index contributed by atoms with van der Waals surface area (Å²) >= 11 is 0. The molecule has 0 amide bonds. The molecule has 0 aliphatic rings. The second kappa shape index (κ2) is 5.30. The van der Waals surface area contributed by atoms with Crippen molar-refractivity contribution in [2.24, 2.45) is 0 Å². The molecule has 1 aromatic carbocycles. The Bertz CT molecular complexity index is 547. The molecule has 2 N–H and O–H groups in total. The molecule has 0 aliphatic heterocycles. The van der Waals surface area contributed by atoms with Crippen LogP contribution in [-0.2, 0) is 19.0 Å². The highest BCUT2D eigenvalue weighted by Crippen LogP contribution is 2.29. The lowest BCUT2D eigenvalue weighted by atomic mass is 10.0. The molecule has 19 heavy (non-hydrogen) atoms. The van der Waals surface area contributed by atoms with Gasteiger partial charge in [0.1, 0.15) is 5.82 Å². The van der Waals surface area contributed by atoms with Crippen LogP contribution in [0.1, 0.15) is 16.7 Å². The second-order valence-corrected chi connectivity index (χ2v) is 4.24. The van der Waals surface area contributed by atoms with E-state index in [4.69, 9.17) is 5.73 Å². The number of alkyl halides is 3. The molecule has 0 saturated carbocycles. The summed E-state index contributed by atoms with van der Waals surface area (Å²) in [4.78, 5) is 3.97. The van der Waals surface area contributed by atoms with Gasteiger partial charge in [0.15, 0.2) is 0 Å². The molecule has 0 unspecified atom stereocenters. The van der Waals surface area contributed by atoms with E-state index in [0.717, 1.165) is 23.3 Å². The van der Waals surface area contributed by atoms with Gasteiger partial charge in [-0.1, -0.05) is 18.2 Å². The van der Waals surface area contributed by atoms with Crippen LogP contribution in [0.25, 0.3) is 0 Å². The molecule has 0 spiro atoms. The molecule has 0 aliphatic carbocycles. The molecule has 2 nitrogen and oxygen atoms in total. The van der Waals surface area contributed by atoms with Crippen LogP contribution in [0.5, 0.6) is 0 Å². The van der Waals surface area contributed by atoms with Crippen LogP contribution in [0.15, 0.2) is 42.6 Å². The predicted octanol–water partition coefficient (Wildman–Crippen LogP) is 3.47. The number of hydrogen-bond donors (Lipinski definition) is 1. The number of benzene rings is 1. The van der Waals surface area contributed by atoms with E-state index < -0.39 is 11.7 Å². The van der Waals surface area contributed by atoms with Gasteiger partial charge >= 0.3 is 6.18 Å². The zero-order chi connectivity index (χ0) is 13.9. The first-order valence-electron chi connectivity index (χ1n) is 5.82. The molecule has 1 aromatic heterocycles. The number of nitrogen functional groups attached to an aromatic ring is 1. The molecule has 0 fully saturated rings. The minimum Gasteiger partial charge on any atom is -0.383 e. The van der Waals surface area contributed by atoms with Crippen molar-refractivity contribution in [1.29, 1.82) is 0 Å². The number of hydrogen-bond acceptors (Lipinski definition) is 2. The molecule has 0 saturated heterocycles. The van der Waals surface area contributed by atoms with Gasteiger partial charge < -0.3 is 5.73 Å². The van der Waals surface area contributed by atoms with Gasteiger partial charge in [-0.3, -0.25) is 0 Å². The lowest BCUT2D eigenvalue weighted by Gasteiger charge is -2.08. The van der Waals surface area contributed by atoms with Crippen LogP contribution < -0.4 is 5.73 Å². The van der Waals surface area contributed by atoms with Crippen LogP contribution in [0.4, 0.5) is 19.0 Å². The van der Waals surface area contributed by atoms with E-state index in [-0.39, 0.29) is 0 Å². The Labute approximate surface area is 109 Å². The Hall–Kier alpha value is -2.04. The third-order valence-electron chi connectivity index (χ3n) is 2.89. The van der Waals surface area contributed by atoms with Gasteiger partial charge in [-0.15, -0.1) is 0 Å². The summed E-state index contributed by atoms with van der Waals surface area (Å²) in [6.07, 6.45) is -1.39. The number of aryl methyl sites for hydroxylation is 2. The van der Waals surface area contributed by atoms with E-state index >= 15 is 0 Å².